The number of hydrogen-bond acceptors (Lipinski definition) is 3. The van der Waals surface area contributed by atoms with Gasteiger partial charge in [0.25, 0.3) is 0 Å². The molecule has 0 aromatic carbocycles. The average Bonchev–Trinajstić information content (AvgIpc) is 2.83. The highest BCUT2D eigenvalue weighted by molar-refractivity contribution is 5.78. The summed E-state index contributed by atoms with van der Waals surface area (Å²) >= 11 is 0. The fraction of sp³-hybridized carbons (Fsp3) is 0.643. The van der Waals surface area contributed by atoms with Crippen LogP contribution in [0.2, 0.25) is 0 Å². The number of rotatable bonds is 4. The third-order valence-electron chi connectivity index (χ3n) is 3.46. The zero-order chi connectivity index (χ0) is 13.0. The minimum Gasteiger partial charge on any atom is -0.465 e. The van der Waals surface area contributed by atoms with Crippen molar-refractivity contribution in [2.45, 2.75) is 39.2 Å². The van der Waals surface area contributed by atoms with Gasteiger partial charge in [0.2, 0.25) is 5.91 Å². The molecule has 0 bridgehead atoms. The predicted octanol–water partition coefficient (Wildman–Crippen LogP) is 2.25. The van der Waals surface area contributed by atoms with Gasteiger partial charge in [-0.2, -0.15) is 0 Å². The van der Waals surface area contributed by atoms with Gasteiger partial charge < -0.3 is 9.32 Å². The Kier molecular flexibility index (Phi) is 4.42. The summed E-state index contributed by atoms with van der Waals surface area (Å²) in [5.74, 6) is 1.99. The number of nitrogens with zero attached hydrogens (tertiary/aromatic N) is 1. The van der Waals surface area contributed by atoms with Crippen molar-refractivity contribution in [2.24, 2.45) is 0 Å². The fourth-order valence-electron chi connectivity index (χ4n) is 2.28. The first kappa shape index (κ1) is 13.1. The van der Waals surface area contributed by atoms with Crippen LogP contribution in [0.3, 0.4) is 0 Å². The number of nitrogens with one attached hydrogen (secondary N) is 1. The van der Waals surface area contributed by atoms with E-state index in [2.05, 4.69) is 5.32 Å². The van der Waals surface area contributed by atoms with Gasteiger partial charge in [0, 0.05) is 13.1 Å². The molecular formula is C14H22N2O2. The molecule has 1 amide bonds. The Morgan fingerprint density at radius 1 is 1.39 bits per heavy atom. The number of carbonyl (C=O) groups is 1. The van der Waals surface area contributed by atoms with Crippen LogP contribution >= 0.6 is 0 Å². The molecule has 100 valence electrons. The molecule has 1 aliphatic rings. The second-order valence-electron chi connectivity index (χ2n) is 4.99. The van der Waals surface area contributed by atoms with Crippen LogP contribution in [0, 0.1) is 6.92 Å². The van der Waals surface area contributed by atoms with E-state index in [-0.39, 0.29) is 11.9 Å². The van der Waals surface area contributed by atoms with E-state index in [9.17, 15) is 4.79 Å². The van der Waals surface area contributed by atoms with E-state index >= 15 is 0 Å². The molecule has 1 N–H and O–H groups in total. The van der Waals surface area contributed by atoms with Gasteiger partial charge >= 0.3 is 0 Å². The molecule has 1 atom stereocenters. The van der Waals surface area contributed by atoms with E-state index in [0.29, 0.717) is 6.54 Å². The van der Waals surface area contributed by atoms with E-state index in [0.717, 1.165) is 37.5 Å². The molecule has 0 saturated carbocycles. The lowest BCUT2D eigenvalue weighted by molar-refractivity contribution is -0.131. The van der Waals surface area contributed by atoms with Crippen molar-refractivity contribution in [2.75, 3.05) is 19.6 Å². The number of aryl methyl sites for hydroxylation is 1. The van der Waals surface area contributed by atoms with E-state index in [1.165, 1.54) is 6.42 Å². The number of furan rings is 1. The van der Waals surface area contributed by atoms with Crippen LogP contribution < -0.4 is 5.32 Å². The number of likely N-dealkylation sites (tertiary alicyclic amines) is 1. The maximum absolute atomic E-state index is 12.0. The van der Waals surface area contributed by atoms with Crippen LogP contribution in [0.4, 0.5) is 0 Å². The van der Waals surface area contributed by atoms with Crippen molar-refractivity contribution in [3.8, 4) is 0 Å². The molecule has 2 heterocycles. The summed E-state index contributed by atoms with van der Waals surface area (Å²) in [5, 5.41) is 3.22. The van der Waals surface area contributed by atoms with Crippen molar-refractivity contribution < 1.29 is 9.21 Å². The van der Waals surface area contributed by atoms with Crippen LogP contribution in [0.25, 0.3) is 0 Å². The molecule has 0 radical (unpaired) electrons. The first-order valence-electron chi connectivity index (χ1n) is 6.74. The molecule has 1 saturated heterocycles. The number of carbonyl (C=O) groups excluding carboxylic acids is 1. The second kappa shape index (κ2) is 6.05. The molecule has 4 nitrogen and oxygen atoms in total. The highest BCUT2D eigenvalue weighted by atomic mass is 16.3. The molecule has 0 spiro atoms. The molecule has 2 rings (SSSR count). The predicted molar refractivity (Wildman–Crippen MR) is 70.3 cm³/mol. The maximum atomic E-state index is 12.0. The number of hydrogen-bond donors (Lipinski definition) is 1. The van der Waals surface area contributed by atoms with Crippen LogP contribution in [-0.4, -0.2) is 30.4 Å². The van der Waals surface area contributed by atoms with Gasteiger partial charge in [-0.3, -0.25) is 10.1 Å². The Morgan fingerprint density at radius 3 is 2.72 bits per heavy atom. The van der Waals surface area contributed by atoms with Crippen molar-refractivity contribution in [3.63, 3.8) is 0 Å². The molecular weight excluding hydrogens is 228 g/mol. The van der Waals surface area contributed by atoms with Crippen LogP contribution in [0.5, 0.6) is 0 Å². The highest BCUT2D eigenvalue weighted by Crippen LogP contribution is 2.15. The second-order valence-corrected chi connectivity index (χ2v) is 4.99. The summed E-state index contributed by atoms with van der Waals surface area (Å²) in [6.45, 7) is 6.15. The first-order chi connectivity index (χ1) is 8.66. The Morgan fingerprint density at radius 2 is 2.11 bits per heavy atom. The number of piperidine rings is 1. The summed E-state index contributed by atoms with van der Waals surface area (Å²) in [4.78, 5) is 13.9. The van der Waals surface area contributed by atoms with Crippen molar-refractivity contribution in [1.29, 1.82) is 0 Å². The number of amides is 1. The lowest BCUT2D eigenvalue weighted by Crippen LogP contribution is -2.41. The molecule has 1 fully saturated rings. The van der Waals surface area contributed by atoms with Crippen LogP contribution in [0.1, 0.15) is 43.7 Å². The van der Waals surface area contributed by atoms with Gasteiger partial charge in [-0.15, -0.1) is 0 Å². The first-order valence-corrected chi connectivity index (χ1v) is 6.74. The molecule has 18 heavy (non-hydrogen) atoms. The zero-order valence-corrected chi connectivity index (χ0v) is 11.2. The lowest BCUT2D eigenvalue weighted by atomic mass is 10.1. The van der Waals surface area contributed by atoms with Gasteiger partial charge in [0.15, 0.2) is 0 Å². The fourth-order valence-corrected chi connectivity index (χ4v) is 2.28. The smallest absolute Gasteiger partial charge is 0.236 e. The standard InChI is InChI=1S/C14H22N2O2/c1-11-6-7-13(18-11)12(2)15-10-14(17)16-8-4-3-5-9-16/h6-7,12,15H,3-5,8-10H2,1-2H3. The maximum Gasteiger partial charge on any atom is 0.236 e. The molecule has 0 aliphatic carbocycles. The lowest BCUT2D eigenvalue weighted by Gasteiger charge is -2.27. The Balaban J connectivity index is 1.78. The minimum atomic E-state index is 0.0763. The minimum absolute atomic E-state index is 0.0763. The summed E-state index contributed by atoms with van der Waals surface area (Å²) in [6.07, 6.45) is 3.52. The van der Waals surface area contributed by atoms with Crippen molar-refractivity contribution in [3.05, 3.63) is 23.7 Å². The highest BCUT2D eigenvalue weighted by Gasteiger charge is 2.17. The largest absolute Gasteiger partial charge is 0.465 e. The van der Waals surface area contributed by atoms with Gasteiger partial charge in [-0.05, 0) is 45.2 Å². The van der Waals surface area contributed by atoms with E-state index < -0.39 is 0 Å². The zero-order valence-electron chi connectivity index (χ0n) is 11.2. The van der Waals surface area contributed by atoms with Gasteiger partial charge in [0.1, 0.15) is 11.5 Å². The third-order valence-corrected chi connectivity index (χ3v) is 3.46. The SMILES string of the molecule is Cc1ccc(C(C)NCC(=O)N2CCCCC2)o1. The molecule has 1 aliphatic heterocycles. The Bertz CT molecular complexity index is 394. The van der Waals surface area contributed by atoms with Crippen molar-refractivity contribution >= 4 is 5.91 Å². The van der Waals surface area contributed by atoms with Gasteiger partial charge in [-0.25, -0.2) is 0 Å². The monoisotopic (exact) mass is 250 g/mol. The van der Waals surface area contributed by atoms with E-state index in [1.54, 1.807) is 0 Å². The van der Waals surface area contributed by atoms with Crippen LogP contribution in [0.15, 0.2) is 16.5 Å². The average molecular weight is 250 g/mol. The van der Waals surface area contributed by atoms with E-state index in [1.807, 2.05) is 30.9 Å². The van der Waals surface area contributed by atoms with Gasteiger partial charge in [0.05, 0.1) is 12.6 Å². The topological polar surface area (TPSA) is 45.5 Å². The van der Waals surface area contributed by atoms with Crippen molar-refractivity contribution in [1.82, 2.24) is 10.2 Å². The molecule has 1 unspecified atom stereocenters. The van der Waals surface area contributed by atoms with E-state index in [4.69, 9.17) is 4.42 Å². The summed E-state index contributed by atoms with van der Waals surface area (Å²) < 4.78 is 5.54. The molecule has 4 heteroatoms. The quantitative estimate of drug-likeness (QED) is 0.891. The molecule has 1 aromatic heterocycles. The summed E-state index contributed by atoms with van der Waals surface area (Å²) in [5.41, 5.74) is 0. The van der Waals surface area contributed by atoms with Gasteiger partial charge in [-0.1, -0.05) is 0 Å². The molecule has 1 aromatic rings. The third kappa shape index (κ3) is 3.35. The normalized spacial score (nSPS) is 17.8. The Hall–Kier alpha value is -1.29. The Labute approximate surface area is 108 Å². The van der Waals surface area contributed by atoms with Crippen LogP contribution in [-0.2, 0) is 4.79 Å². The summed E-state index contributed by atoms with van der Waals surface area (Å²) in [7, 11) is 0. The summed E-state index contributed by atoms with van der Waals surface area (Å²) in [6, 6.07) is 3.98.